The smallest absolute Gasteiger partial charge is 0.328 e. The highest BCUT2D eigenvalue weighted by molar-refractivity contribution is 6.30. The molecule has 1 atom stereocenters. The van der Waals surface area contributed by atoms with Gasteiger partial charge in [-0.3, -0.25) is 14.3 Å². The Kier molecular flexibility index (Phi) is 5.15. The summed E-state index contributed by atoms with van der Waals surface area (Å²) in [6, 6.07) is 0. The van der Waals surface area contributed by atoms with Crippen LogP contribution < -0.4 is 11.2 Å². The zero-order chi connectivity index (χ0) is 16.3. The summed E-state index contributed by atoms with van der Waals surface area (Å²) in [5.41, 5.74) is -1.23. The monoisotopic (exact) mass is 328 g/mol. The fraction of sp³-hybridized carbons (Fsp3) is 0.538. The predicted molar refractivity (Wildman–Crippen MR) is 78.9 cm³/mol. The van der Waals surface area contributed by atoms with Crippen molar-refractivity contribution in [2.24, 2.45) is 5.92 Å². The topological polar surface area (TPSA) is 103 Å². The molecule has 2 rings (SSSR count). The first-order valence-electron chi connectivity index (χ1n) is 6.80. The molecule has 0 amide bonds. The van der Waals surface area contributed by atoms with Gasteiger partial charge in [-0.2, -0.15) is 4.98 Å². The molecule has 2 heterocycles. The maximum Gasteiger partial charge on any atom is 0.328 e. The van der Waals surface area contributed by atoms with E-state index in [9.17, 15) is 9.59 Å². The summed E-state index contributed by atoms with van der Waals surface area (Å²) in [4.78, 5) is 29.1. The van der Waals surface area contributed by atoms with E-state index in [4.69, 9.17) is 20.9 Å². The summed E-state index contributed by atoms with van der Waals surface area (Å²) in [7, 11) is 0. The zero-order valence-electron chi connectivity index (χ0n) is 12.5. The first-order valence-corrected chi connectivity index (χ1v) is 7.18. The van der Waals surface area contributed by atoms with Crippen LogP contribution in [-0.4, -0.2) is 26.3 Å². The van der Waals surface area contributed by atoms with Gasteiger partial charge in [0.05, 0.1) is 0 Å². The third kappa shape index (κ3) is 4.05. The van der Waals surface area contributed by atoms with Crippen molar-refractivity contribution in [1.29, 1.82) is 0 Å². The largest absolute Gasteiger partial charge is 0.370 e. The molecule has 8 nitrogen and oxygen atoms in total. The molecule has 0 aliphatic rings. The third-order valence-electron chi connectivity index (χ3n) is 2.80. The molecular weight excluding hydrogens is 312 g/mol. The molecule has 0 fully saturated rings. The van der Waals surface area contributed by atoms with Crippen molar-refractivity contribution in [2.75, 3.05) is 6.61 Å². The lowest BCUT2D eigenvalue weighted by Gasteiger charge is -2.10. The molecule has 0 radical (unpaired) electrons. The van der Waals surface area contributed by atoms with Crippen molar-refractivity contribution in [2.45, 2.75) is 33.4 Å². The van der Waals surface area contributed by atoms with Crippen molar-refractivity contribution >= 4 is 11.6 Å². The molecular formula is C13H17ClN4O4. The normalized spacial score (nSPS) is 12.8. The maximum atomic E-state index is 11.6. The lowest BCUT2D eigenvalue weighted by Crippen LogP contribution is -2.30. The van der Waals surface area contributed by atoms with Gasteiger partial charge in [-0.1, -0.05) is 30.6 Å². The minimum Gasteiger partial charge on any atom is -0.370 e. The Morgan fingerprint density at radius 1 is 1.41 bits per heavy atom. The van der Waals surface area contributed by atoms with E-state index in [0.29, 0.717) is 18.3 Å². The van der Waals surface area contributed by atoms with Crippen LogP contribution in [-0.2, 0) is 11.3 Å². The van der Waals surface area contributed by atoms with Crippen molar-refractivity contribution < 1.29 is 9.26 Å². The molecule has 9 heteroatoms. The van der Waals surface area contributed by atoms with Crippen LogP contribution in [0.1, 0.15) is 38.6 Å². The Hall–Kier alpha value is -1.93. The van der Waals surface area contributed by atoms with Gasteiger partial charge in [-0.05, 0) is 12.8 Å². The minimum atomic E-state index is -0.634. The summed E-state index contributed by atoms with van der Waals surface area (Å²) < 4.78 is 11.9. The quantitative estimate of drug-likeness (QED) is 0.858. The van der Waals surface area contributed by atoms with Gasteiger partial charge < -0.3 is 9.26 Å². The van der Waals surface area contributed by atoms with Gasteiger partial charge in [0, 0.05) is 12.8 Å². The highest BCUT2D eigenvalue weighted by Crippen LogP contribution is 2.14. The molecule has 2 aromatic rings. The van der Waals surface area contributed by atoms with E-state index in [1.54, 1.807) is 0 Å². The number of nitrogens with zero attached hydrogens (tertiary/aromatic N) is 3. The van der Waals surface area contributed by atoms with Gasteiger partial charge in [0.2, 0.25) is 5.89 Å². The van der Waals surface area contributed by atoms with E-state index in [-0.39, 0.29) is 23.6 Å². The van der Waals surface area contributed by atoms with E-state index in [2.05, 4.69) is 15.1 Å². The van der Waals surface area contributed by atoms with Crippen molar-refractivity contribution in [3.8, 4) is 0 Å². The van der Waals surface area contributed by atoms with Crippen LogP contribution in [0.5, 0.6) is 0 Å². The molecule has 0 aromatic carbocycles. The molecule has 0 saturated carbocycles. The van der Waals surface area contributed by atoms with Gasteiger partial charge in [0.15, 0.2) is 5.82 Å². The summed E-state index contributed by atoms with van der Waals surface area (Å²) in [6.07, 6.45) is 0.918. The summed E-state index contributed by atoms with van der Waals surface area (Å²) in [5, 5.41) is 3.74. The summed E-state index contributed by atoms with van der Waals surface area (Å²) in [6.45, 7) is 6.50. The zero-order valence-corrected chi connectivity index (χ0v) is 13.3. The highest BCUT2D eigenvalue weighted by atomic mass is 35.5. The number of hydrogen-bond acceptors (Lipinski definition) is 6. The van der Waals surface area contributed by atoms with Gasteiger partial charge in [0.25, 0.3) is 5.56 Å². The molecule has 0 saturated heterocycles. The second kappa shape index (κ2) is 6.89. The van der Waals surface area contributed by atoms with Gasteiger partial charge >= 0.3 is 5.69 Å². The second-order valence-corrected chi connectivity index (χ2v) is 5.69. The SMILES string of the molecule is CC(C)COC(C)c1noc(Cn2cc(Cl)c(=O)[nH]c2=O)n1. The van der Waals surface area contributed by atoms with Gasteiger partial charge in [0.1, 0.15) is 17.7 Å². The van der Waals surface area contributed by atoms with Crippen LogP contribution in [0.4, 0.5) is 0 Å². The van der Waals surface area contributed by atoms with Crippen LogP contribution in [0.25, 0.3) is 0 Å². The predicted octanol–water partition coefficient (Wildman–Crippen LogP) is 1.35. The van der Waals surface area contributed by atoms with Crippen molar-refractivity contribution in [3.63, 3.8) is 0 Å². The van der Waals surface area contributed by atoms with E-state index < -0.39 is 11.2 Å². The molecule has 0 aliphatic carbocycles. The molecule has 120 valence electrons. The Bertz CT molecular complexity index is 749. The van der Waals surface area contributed by atoms with Crippen LogP contribution in [0.15, 0.2) is 20.3 Å². The van der Waals surface area contributed by atoms with Crippen LogP contribution in [0.3, 0.4) is 0 Å². The van der Waals surface area contributed by atoms with E-state index >= 15 is 0 Å². The standard InChI is InChI=1S/C13H17ClN4O4/c1-7(2)6-21-8(3)11-15-10(22-17-11)5-18-4-9(14)12(19)16-13(18)20/h4,7-8H,5-6H2,1-3H3,(H,16,19,20). The number of H-pyrrole nitrogens is 1. The first-order chi connectivity index (χ1) is 10.4. The number of halogens is 1. The Morgan fingerprint density at radius 3 is 2.82 bits per heavy atom. The van der Waals surface area contributed by atoms with Gasteiger partial charge in [-0.15, -0.1) is 0 Å². The highest BCUT2D eigenvalue weighted by Gasteiger charge is 2.15. The molecule has 1 unspecified atom stereocenters. The number of aromatic nitrogens is 4. The molecule has 2 aromatic heterocycles. The van der Waals surface area contributed by atoms with Crippen LogP contribution >= 0.6 is 11.6 Å². The molecule has 22 heavy (non-hydrogen) atoms. The van der Waals surface area contributed by atoms with E-state index in [0.717, 1.165) is 0 Å². The fourth-order valence-corrected chi connectivity index (χ4v) is 1.82. The summed E-state index contributed by atoms with van der Waals surface area (Å²) >= 11 is 5.69. The number of rotatable bonds is 6. The lowest BCUT2D eigenvalue weighted by atomic mass is 10.2. The number of nitrogens with one attached hydrogen (secondary N) is 1. The van der Waals surface area contributed by atoms with E-state index in [1.807, 2.05) is 20.8 Å². The van der Waals surface area contributed by atoms with E-state index in [1.165, 1.54) is 10.8 Å². The van der Waals surface area contributed by atoms with Crippen LogP contribution in [0.2, 0.25) is 5.02 Å². The number of ether oxygens (including phenoxy) is 1. The average molecular weight is 329 g/mol. The lowest BCUT2D eigenvalue weighted by molar-refractivity contribution is 0.0402. The molecule has 1 N–H and O–H groups in total. The Balaban J connectivity index is 2.11. The number of aromatic amines is 1. The maximum absolute atomic E-state index is 11.6. The van der Waals surface area contributed by atoms with Crippen LogP contribution in [0, 0.1) is 5.92 Å². The minimum absolute atomic E-state index is 0.0131. The second-order valence-electron chi connectivity index (χ2n) is 5.28. The van der Waals surface area contributed by atoms with Crippen molar-refractivity contribution in [1.82, 2.24) is 19.7 Å². The third-order valence-corrected chi connectivity index (χ3v) is 3.07. The Morgan fingerprint density at radius 2 is 2.14 bits per heavy atom. The fourth-order valence-electron chi connectivity index (χ4n) is 1.65. The number of hydrogen-bond donors (Lipinski definition) is 1. The van der Waals surface area contributed by atoms with Crippen molar-refractivity contribution in [3.05, 3.63) is 43.8 Å². The Labute approximate surface area is 131 Å². The van der Waals surface area contributed by atoms with Gasteiger partial charge in [-0.25, -0.2) is 4.79 Å². The average Bonchev–Trinajstić information content (AvgIpc) is 2.90. The molecule has 0 spiro atoms. The molecule has 0 bridgehead atoms. The first kappa shape index (κ1) is 16.4. The summed E-state index contributed by atoms with van der Waals surface area (Å²) in [5.74, 6) is 1.02. The molecule has 0 aliphatic heterocycles.